The Hall–Kier alpha value is -2.11. The van der Waals surface area contributed by atoms with Gasteiger partial charge in [-0.2, -0.15) is 0 Å². The van der Waals surface area contributed by atoms with Gasteiger partial charge in [0.25, 0.3) is 0 Å². The van der Waals surface area contributed by atoms with Crippen molar-refractivity contribution in [3.05, 3.63) is 34.4 Å². The Morgan fingerprint density at radius 3 is 2.77 bits per heavy atom. The fourth-order valence-electron chi connectivity index (χ4n) is 3.10. The van der Waals surface area contributed by atoms with Crippen LogP contribution in [0.4, 0.5) is 5.95 Å². The van der Waals surface area contributed by atoms with E-state index in [0.717, 1.165) is 6.42 Å². The van der Waals surface area contributed by atoms with Crippen molar-refractivity contribution in [2.24, 2.45) is 0 Å². The first-order chi connectivity index (χ1) is 12.6. The molecular formula is C16H19N5O4S. The van der Waals surface area contributed by atoms with Gasteiger partial charge in [-0.05, 0) is 17.9 Å². The molecule has 5 N–H and O–H groups in total. The first kappa shape index (κ1) is 17.3. The maximum absolute atomic E-state index is 10.3. The van der Waals surface area contributed by atoms with Gasteiger partial charge >= 0.3 is 0 Å². The second kappa shape index (κ2) is 6.89. The minimum Gasteiger partial charge on any atom is -0.394 e. The van der Waals surface area contributed by atoms with Gasteiger partial charge in [-0.1, -0.05) is 6.07 Å². The summed E-state index contributed by atoms with van der Waals surface area (Å²) in [5, 5.41) is 31.6. The Bertz CT molecular complexity index is 900. The molecule has 3 aromatic heterocycles. The Kier molecular flexibility index (Phi) is 4.59. The first-order valence-corrected chi connectivity index (χ1v) is 9.10. The number of nitrogens with two attached hydrogens (primary N) is 1. The van der Waals surface area contributed by atoms with Gasteiger partial charge in [0.05, 0.1) is 12.8 Å². The normalized spacial score (nSPS) is 26.0. The van der Waals surface area contributed by atoms with Crippen LogP contribution in [0.2, 0.25) is 0 Å². The van der Waals surface area contributed by atoms with Crippen molar-refractivity contribution in [3.8, 4) is 0 Å². The van der Waals surface area contributed by atoms with E-state index < -0.39 is 31.1 Å². The molecule has 4 rings (SSSR count). The molecule has 1 unspecified atom stereocenters. The molecule has 0 amide bonds. The second-order valence-corrected chi connectivity index (χ2v) is 7.18. The lowest BCUT2D eigenvalue weighted by atomic mass is 10.1. The molecule has 1 aliphatic heterocycles. The maximum Gasteiger partial charge on any atom is 0.204 e. The smallest absolute Gasteiger partial charge is 0.204 e. The molecule has 4 atom stereocenters. The number of aliphatic hydroxyl groups excluding tert-OH is 3. The zero-order chi connectivity index (χ0) is 18.3. The van der Waals surface area contributed by atoms with E-state index in [-0.39, 0.29) is 5.95 Å². The topological polar surface area (TPSA) is 140 Å². The molecule has 0 bridgehead atoms. The number of nitrogens with zero attached hydrogens (tertiary/aromatic N) is 4. The van der Waals surface area contributed by atoms with Gasteiger partial charge in [0.2, 0.25) is 5.95 Å². The highest BCUT2D eigenvalue weighted by Gasteiger charge is 2.44. The van der Waals surface area contributed by atoms with Crippen LogP contribution in [0.3, 0.4) is 0 Å². The number of rotatable bonds is 5. The van der Waals surface area contributed by atoms with E-state index >= 15 is 0 Å². The SMILES string of the molecule is Nc1nc2cnc(CCc3cccs3)nc2n1C1O[C@H](CO)[C@@H](O)[C@H]1O. The van der Waals surface area contributed by atoms with Gasteiger partial charge in [0.15, 0.2) is 11.9 Å². The van der Waals surface area contributed by atoms with Crippen molar-refractivity contribution in [2.45, 2.75) is 37.4 Å². The van der Waals surface area contributed by atoms with Crippen molar-refractivity contribution in [2.75, 3.05) is 12.3 Å². The van der Waals surface area contributed by atoms with Crippen molar-refractivity contribution in [1.29, 1.82) is 0 Å². The van der Waals surface area contributed by atoms with Gasteiger partial charge in [-0.3, -0.25) is 4.57 Å². The number of hydrogen-bond donors (Lipinski definition) is 4. The third-order valence-corrected chi connectivity index (χ3v) is 5.39. The summed E-state index contributed by atoms with van der Waals surface area (Å²) in [6.07, 6.45) is -1.30. The predicted molar refractivity (Wildman–Crippen MR) is 94.5 cm³/mol. The van der Waals surface area contributed by atoms with E-state index in [1.807, 2.05) is 11.4 Å². The number of thiophene rings is 1. The molecule has 4 heterocycles. The quantitative estimate of drug-likeness (QED) is 0.482. The number of imidazole rings is 1. The summed E-state index contributed by atoms with van der Waals surface area (Å²) < 4.78 is 7.00. The number of hydrogen-bond acceptors (Lipinski definition) is 9. The van der Waals surface area contributed by atoms with Gasteiger partial charge in [-0.15, -0.1) is 11.3 Å². The molecule has 138 valence electrons. The second-order valence-electron chi connectivity index (χ2n) is 6.14. The molecule has 0 aromatic carbocycles. The number of aromatic nitrogens is 4. The fraction of sp³-hybridized carbons (Fsp3) is 0.438. The molecule has 10 heteroatoms. The highest BCUT2D eigenvalue weighted by atomic mass is 32.1. The summed E-state index contributed by atoms with van der Waals surface area (Å²) in [7, 11) is 0. The van der Waals surface area contributed by atoms with E-state index in [1.165, 1.54) is 9.44 Å². The monoisotopic (exact) mass is 377 g/mol. The fourth-order valence-corrected chi connectivity index (χ4v) is 3.81. The number of nitrogen functional groups attached to an aromatic ring is 1. The number of anilines is 1. The molecule has 1 fully saturated rings. The molecule has 0 aliphatic carbocycles. The third kappa shape index (κ3) is 2.95. The summed E-state index contributed by atoms with van der Waals surface area (Å²) in [5.41, 5.74) is 6.88. The Morgan fingerprint density at radius 1 is 1.23 bits per heavy atom. The third-order valence-electron chi connectivity index (χ3n) is 4.46. The lowest BCUT2D eigenvalue weighted by Gasteiger charge is -2.18. The van der Waals surface area contributed by atoms with Crippen LogP contribution in [-0.2, 0) is 17.6 Å². The lowest BCUT2D eigenvalue weighted by molar-refractivity contribution is -0.0500. The lowest BCUT2D eigenvalue weighted by Crippen LogP contribution is -2.33. The van der Waals surface area contributed by atoms with Crippen LogP contribution in [0.25, 0.3) is 11.2 Å². The van der Waals surface area contributed by atoms with Gasteiger partial charge in [0, 0.05) is 11.3 Å². The largest absolute Gasteiger partial charge is 0.394 e. The number of ether oxygens (including phenoxy) is 1. The Balaban J connectivity index is 1.66. The van der Waals surface area contributed by atoms with Crippen LogP contribution in [-0.4, -0.2) is 59.8 Å². The van der Waals surface area contributed by atoms with Crippen LogP contribution < -0.4 is 5.73 Å². The molecule has 0 spiro atoms. The summed E-state index contributed by atoms with van der Waals surface area (Å²) >= 11 is 1.68. The molecule has 0 saturated carbocycles. The van der Waals surface area contributed by atoms with Crippen LogP contribution in [0.5, 0.6) is 0 Å². The van der Waals surface area contributed by atoms with Crippen LogP contribution in [0, 0.1) is 0 Å². The van der Waals surface area contributed by atoms with Crippen molar-refractivity contribution >= 4 is 28.4 Å². The predicted octanol–water partition coefficient (Wildman–Crippen LogP) is -0.133. The Morgan fingerprint density at radius 2 is 2.08 bits per heavy atom. The van der Waals surface area contributed by atoms with E-state index in [0.29, 0.717) is 23.4 Å². The van der Waals surface area contributed by atoms with Crippen molar-refractivity contribution in [3.63, 3.8) is 0 Å². The Labute approximate surface area is 152 Å². The molecule has 26 heavy (non-hydrogen) atoms. The highest BCUT2D eigenvalue weighted by Crippen LogP contribution is 2.33. The van der Waals surface area contributed by atoms with E-state index in [2.05, 4.69) is 21.0 Å². The number of aliphatic hydroxyl groups is 3. The standard InChI is InChI=1S/C16H19N5O4S/c17-16-19-9-6-18-11(4-3-8-2-1-5-26-8)20-14(9)21(16)15-13(24)12(23)10(7-22)25-15/h1-2,5-6,10,12-13,15,22-24H,3-4,7H2,(H2,17,19)/t10-,12-,13-,15?/m1/s1. The minimum absolute atomic E-state index is 0.0968. The van der Waals surface area contributed by atoms with Gasteiger partial charge in [-0.25, -0.2) is 15.0 Å². The average molecular weight is 377 g/mol. The van der Waals surface area contributed by atoms with E-state index in [1.54, 1.807) is 17.5 Å². The summed E-state index contributed by atoms with van der Waals surface area (Å²) in [6, 6.07) is 4.06. The molecule has 0 radical (unpaired) electrons. The molecule has 3 aromatic rings. The summed E-state index contributed by atoms with van der Waals surface area (Å²) in [6.45, 7) is -0.414. The van der Waals surface area contributed by atoms with E-state index in [4.69, 9.17) is 10.5 Å². The van der Waals surface area contributed by atoms with Crippen LogP contribution in [0.1, 0.15) is 16.9 Å². The molecule has 1 saturated heterocycles. The van der Waals surface area contributed by atoms with Gasteiger partial charge < -0.3 is 25.8 Å². The maximum atomic E-state index is 10.3. The van der Waals surface area contributed by atoms with E-state index in [9.17, 15) is 15.3 Å². The van der Waals surface area contributed by atoms with Crippen molar-refractivity contribution < 1.29 is 20.1 Å². The zero-order valence-electron chi connectivity index (χ0n) is 13.8. The zero-order valence-corrected chi connectivity index (χ0v) is 14.6. The van der Waals surface area contributed by atoms with Crippen molar-refractivity contribution in [1.82, 2.24) is 19.5 Å². The molecular weight excluding hydrogens is 358 g/mol. The average Bonchev–Trinajstić information content (AvgIpc) is 3.33. The highest BCUT2D eigenvalue weighted by molar-refractivity contribution is 7.09. The van der Waals surface area contributed by atoms with Gasteiger partial charge in [0.1, 0.15) is 29.7 Å². The van der Waals surface area contributed by atoms with Crippen LogP contribution >= 0.6 is 11.3 Å². The number of fused-ring (bicyclic) bond motifs is 1. The number of aryl methyl sites for hydroxylation is 2. The first-order valence-electron chi connectivity index (χ1n) is 8.22. The molecule has 9 nitrogen and oxygen atoms in total. The van der Waals surface area contributed by atoms with Crippen LogP contribution in [0.15, 0.2) is 23.7 Å². The molecule has 1 aliphatic rings. The summed E-state index contributed by atoms with van der Waals surface area (Å²) in [5.74, 6) is 0.721. The summed E-state index contributed by atoms with van der Waals surface area (Å²) in [4.78, 5) is 14.3. The minimum atomic E-state index is -1.25.